The number of carbonyl (C=O) groups is 2. The predicted octanol–water partition coefficient (Wildman–Crippen LogP) is 4.52. The molecule has 1 fully saturated rings. The molecule has 176 valence electrons. The van der Waals surface area contributed by atoms with E-state index in [0.717, 1.165) is 23.6 Å². The molecule has 5 rings (SSSR count). The van der Waals surface area contributed by atoms with E-state index in [-0.39, 0.29) is 24.4 Å². The van der Waals surface area contributed by atoms with Gasteiger partial charge in [-0.15, -0.1) is 11.3 Å². The van der Waals surface area contributed by atoms with Crippen LogP contribution in [0.3, 0.4) is 0 Å². The van der Waals surface area contributed by atoms with E-state index >= 15 is 0 Å². The van der Waals surface area contributed by atoms with Crippen molar-refractivity contribution < 1.29 is 14.0 Å². The molecule has 1 aromatic carbocycles. The van der Waals surface area contributed by atoms with Crippen molar-refractivity contribution in [2.75, 3.05) is 32.7 Å². The van der Waals surface area contributed by atoms with Crippen LogP contribution in [0.15, 0.2) is 69.7 Å². The SMILES string of the molecule is O=C(c1cccc(Cl)c1)N1CCCN(CC(=O)N2N=C(c3ccco3)CC2c2cccs2)CC1. The van der Waals surface area contributed by atoms with Gasteiger partial charge in [0.2, 0.25) is 0 Å². The summed E-state index contributed by atoms with van der Waals surface area (Å²) in [5, 5.41) is 8.84. The third-order valence-electron chi connectivity index (χ3n) is 6.15. The Morgan fingerprint density at radius 2 is 2.00 bits per heavy atom. The molecule has 2 aromatic heterocycles. The van der Waals surface area contributed by atoms with Crippen LogP contribution >= 0.6 is 22.9 Å². The molecule has 1 saturated heterocycles. The van der Waals surface area contributed by atoms with Gasteiger partial charge in [0.1, 0.15) is 11.5 Å². The lowest BCUT2D eigenvalue weighted by Crippen LogP contribution is -2.40. The van der Waals surface area contributed by atoms with Gasteiger partial charge >= 0.3 is 0 Å². The molecule has 0 aliphatic carbocycles. The number of benzene rings is 1. The Morgan fingerprint density at radius 3 is 2.76 bits per heavy atom. The minimum absolute atomic E-state index is 0.0272. The number of rotatable bonds is 5. The van der Waals surface area contributed by atoms with E-state index in [2.05, 4.69) is 10.0 Å². The molecule has 0 bridgehead atoms. The van der Waals surface area contributed by atoms with Crippen molar-refractivity contribution >= 4 is 40.5 Å². The first-order valence-corrected chi connectivity index (χ1v) is 12.6. The summed E-state index contributed by atoms with van der Waals surface area (Å²) >= 11 is 7.68. The Kier molecular flexibility index (Phi) is 6.80. The Labute approximate surface area is 207 Å². The van der Waals surface area contributed by atoms with Gasteiger partial charge in [-0.3, -0.25) is 14.5 Å². The monoisotopic (exact) mass is 496 g/mol. The number of nitrogens with zero attached hydrogens (tertiary/aromatic N) is 4. The molecule has 9 heteroatoms. The molecule has 1 atom stereocenters. The fraction of sp³-hybridized carbons (Fsp3) is 0.320. The normalized spacial score (nSPS) is 19.2. The van der Waals surface area contributed by atoms with Crippen LogP contribution in [-0.4, -0.2) is 65.1 Å². The molecule has 2 amide bonds. The summed E-state index contributed by atoms with van der Waals surface area (Å²) in [4.78, 5) is 31.3. The maximum Gasteiger partial charge on any atom is 0.257 e. The number of amides is 2. The highest BCUT2D eigenvalue weighted by Crippen LogP contribution is 2.35. The molecular weight excluding hydrogens is 472 g/mol. The lowest BCUT2D eigenvalue weighted by Gasteiger charge is -2.25. The van der Waals surface area contributed by atoms with Gasteiger partial charge in [-0.25, -0.2) is 5.01 Å². The summed E-state index contributed by atoms with van der Waals surface area (Å²) < 4.78 is 5.53. The lowest BCUT2D eigenvalue weighted by molar-refractivity contribution is -0.134. The highest BCUT2D eigenvalue weighted by atomic mass is 35.5. The van der Waals surface area contributed by atoms with Gasteiger partial charge in [-0.1, -0.05) is 23.7 Å². The number of thiophene rings is 1. The smallest absolute Gasteiger partial charge is 0.257 e. The minimum Gasteiger partial charge on any atom is -0.463 e. The molecule has 4 heterocycles. The van der Waals surface area contributed by atoms with Gasteiger partial charge in [-0.05, 0) is 48.2 Å². The summed E-state index contributed by atoms with van der Waals surface area (Å²) in [6.07, 6.45) is 3.05. The van der Waals surface area contributed by atoms with Gasteiger partial charge in [0.05, 0.1) is 18.8 Å². The third-order valence-corrected chi connectivity index (χ3v) is 7.36. The molecule has 0 saturated carbocycles. The van der Waals surface area contributed by atoms with Crippen molar-refractivity contribution in [3.8, 4) is 0 Å². The fourth-order valence-electron chi connectivity index (χ4n) is 4.43. The molecule has 2 aliphatic rings. The Bertz CT molecular complexity index is 1180. The van der Waals surface area contributed by atoms with Crippen molar-refractivity contribution in [2.45, 2.75) is 18.9 Å². The first-order valence-electron chi connectivity index (χ1n) is 11.3. The third kappa shape index (κ3) is 4.94. The number of carbonyl (C=O) groups excluding carboxylic acids is 2. The van der Waals surface area contributed by atoms with E-state index in [4.69, 9.17) is 16.0 Å². The standard InChI is InChI=1S/C25H25ClN4O3S/c26-19-6-1-5-18(15-19)25(32)29-10-4-9-28(11-12-29)17-24(31)30-21(23-8-3-14-34-23)16-20(27-30)22-7-2-13-33-22/h1-3,5-8,13-15,21H,4,9-12,16-17H2. The first-order chi connectivity index (χ1) is 16.6. The van der Waals surface area contributed by atoms with Crippen LogP contribution in [0.2, 0.25) is 5.02 Å². The largest absolute Gasteiger partial charge is 0.463 e. The number of hydrazone groups is 1. The molecule has 0 spiro atoms. The Hall–Kier alpha value is -2.94. The molecule has 3 aromatic rings. The van der Waals surface area contributed by atoms with E-state index in [1.165, 1.54) is 0 Å². The lowest BCUT2D eigenvalue weighted by atomic mass is 10.1. The van der Waals surface area contributed by atoms with Gasteiger partial charge in [-0.2, -0.15) is 5.10 Å². The summed E-state index contributed by atoms with van der Waals surface area (Å²) in [6.45, 7) is 2.85. The van der Waals surface area contributed by atoms with Crippen LogP contribution in [0.4, 0.5) is 0 Å². The van der Waals surface area contributed by atoms with E-state index < -0.39 is 0 Å². The minimum atomic E-state index is -0.125. The highest BCUT2D eigenvalue weighted by molar-refractivity contribution is 7.10. The maximum absolute atomic E-state index is 13.4. The van der Waals surface area contributed by atoms with E-state index in [0.29, 0.717) is 42.4 Å². The highest BCUT2D eigenvalue weighted by Gasteiger charge is 2.35. The molecule has 7 nitrogen and oxygen atoms in total. The average molecular weight is 497 g/mol. The van der Waals surface area contributed by atoms with Gasteiger partial charge < -0.3 is 9.32 Å². The quantitative estimate of drug-likeness (QED) is 0.520. The molecule has 0 N–H and O–H groups in total. The van der Waals surface area contributed by atoms with Crippen LogP contribution in [0.1, 0.15) is 39.9 Å². The average Bonchev–Trinajstić information content (AvgIpc) is 3.59. The van der Waals surface area contributed by atoms with Crippen LogP contribution in [0.5, 0.6) is 0 Å². The second-order valence-electron chi connectivity index (χ2n) is 8.43. The Balaban J connectivity index is 1.25. The zero-order valence-corrected chi connectivity index (χ0v) is 20.2. The second-order valence-corrected chi connectivity index (χ2v) is 9.85. The number of hydrogen-bond donors (Lipinski definition) is 0. The van der Waals surface area contributed by atoms with Crippen LogP contribution in [-0.2, 0) is 4.79 Å². The summed E-state index contributed by atoms with van der Waals surface area (Å²) in [7, 11) is 0. The van der Waals surface area contributed by atoms with Crippen molar-refractivity contribution in [3.05, 3.63) is 81.4 Å². The first kappa shape index (κ1) is 22.8. The number of hydrogen-bond acceptors (Lipinski definition) is 6. The Morgan fingerprint density at radius 1 is 1.09 bits per heavy atom. The summed E-state index contributed by atoms with van der Waals surface area (Å²) in [5.41, 5.74) is 1.37. The van der Waals surface area contributed by atoms with Gasteiger partial charge in [0.25, 0.3) is 11.8 Å². The number of furan rings is 1. The van der Waals surface area contributed by atoms with Gasteiger partial charge in [0.15, 0.2) is 0 Å². The molecule has 1 unspecified atom stereocenters. The van der Waals surface area contributed by atoms with Crippen molar-refractivity contribution in [1.29, 1.82) is 0 Å². The molecule has 2 aliphatic heterocycles. The van der Waals surface area contributed by atoms with E-state index in [9.17, 15) is 9.59 Å². The van der Waals surface area contributed by atoms with E-state index in [1.807, 2.05) is 34.5 Å². The zero-order valence-electron chi connectivity index (χ0n) is 18.6. The summed E-state index contributed by atoms with van der Waals surface area (Å²) in [6, 6.07) is 14.6. The predicted molar refractivity (Wildman–Crippen MR) is 132 cm³/mol. The van der Waals surface area contributed by atoms with Crippen molar-refractivity contribution in [2.24, 2.45) is 5.10 Å². The maximum atomic E-state index is 13.4. The topological polar surface area (TPSA) is 69.4 Å². The van der Waals surface area contributed by atoms with Crippen molar-refractivity contribution in [1.82, 2.24) is 14.8 Å². The second kappa shape index (κ2) is 10.1. The van der Waals surface area contributed by atoms with Crippen LogP contribution < -0.4 is 0 Å². The molecule has 34 heavy (non-hydrogen) atoms. The van der Waals surface area contributed by atoms with E-state index in [1.54, 1.807) is 46.9 Å². The van der Waals surface area contributed by atoms with Gasteiger partial charge in [0, 0.05) is 48.1 Å². The van der Waals surface area contributed by atoms with Crippen molar-refractivity contribution in [3.63, 3.8) is 0 Å². The molecular formula is C25H25ClN4O3S. The summed E-state index contributed by atoms with van der Waals surface area (Å²) in [5.74, 6) is 0.622. The van der Waals surface area contributed by atoms with Crippen LogP contribution in [0, 0.1) is 0 Å². The molecule has 0 radical (unpaired) electrons. The zero-order chi connectivity index (χ0) is 23.5. The fourth-order valence-corrected chi connectivity index (χ4v) is 5.44. The van der Waals surface area contributed by atoms with Crippen LogP contribution in [0.25, 0.3) is 0 Å². The number of halogens is 1.